The molecule has 0 aliphatic carbocycles. The standard InChI is InChI=1S/C11H21F3N2O/c1-8(2)4-9(6-15)5-10(17)16(3)7-11(12,13)14/h8-9H,4-7,15H2,1-3H3/t9-/m0/s1. The molecule has 0 aromatic carbocycles. The van der Waals surface area contributed by atoms with E-state index >= 15 is 0 Å². The first-order valence-electron chi connectivity index (χ1n) is 5.66. The van der Waals surface area contributed by atoms with E-state index in [4.69, 9.17) is 5.73 Å². The van der Waals surface area contributed by atoms with Gasteiger partial charge in [0.1, 0.15) is 6.54 Å². The highest BCUT2D eigenvalue weighted by Gasteiger charge is 2.31. The first kappa shape index (κ1) is 16.2. The minimum Gasteiger partial charge on any atom is -0.337 e. The number of amides is 1. The Morgan fingerprint density at radius 3 is 2.24 bits per heavy atom. The number of carbonyl (C=O) groups excluding carboxylic acids is 1. The van der Waals surface area contributed by atoms with Crippen LogP contribution in [0.3, 0.4) is 0 Å². The molecule has 0 aromatic heterocycles. The van der Waals surface area contributed by atoms with Crippen LogP contribution in [0, 0.1) is 11.8 Å². The van der Waals surface area contributed by atoms with Gasteiger partial charge >= 0.3 is 6.18 Å². The zero-order chi connectivity index (χ0) is 13.6. The van der Waals surface area contributed by atoms with Crippen LogP contribution in [0.15, 0.2) is 0 Å². The minimum absolute atomic E-state index is 0.0433. The van der Waals surface area contributed by atoms with Gasteiger partial charge in [-0.1, -0.05) is 13.8 Å². The summed E-state index contributed by atoms with van der Waals surface area (Å²) in [4.78, 5) is 12.3. The molecule has 6 heteroatoms. The molecular formula is C11H21F3N2O. The summed E-state index contributed by atoms with van der Waals surface area (Å²) in [7, 11) is 1.17. The van der Waals surface area contributed by atoms with E-state index in [1.807, 2.05) is 13.8 Å². The largest absolute Gasteiger partial charge is 0.406 e. The number of alkyl halides is 3. The molecule has 0 aliphatic rings. The van der Waals surface area contributed by atoms with Crippen LogP contribution in [0.1, 0.15) is 26.7 Å². The molecule has 0 unspecified atom stereocenters. The Bertz CT molecular complexity index is 241. The van der Waals surface area contributed by atoms with Crippen molar-refractivity contribution in [2.45, 2.75) is 32.9 Å². The number of hydrogen-bond acceptors (Lipinski definition) is 2. The second kappa shape index (κ2) is 6.83. The molecule has 0 heterocycles. The molecule has 0 bridgehead atoms. The van der Waals surface area contributed by atoms with Gasteiger partial charge in [0.05, 0.1) is 0 Å². The Balaban J connectivity index is 4.22. The summed E-state index contributed by atoms with van der Waals surface area (Å²) in [5.41, 5.74) is 5.50. The molecule has 0 aromatic rings. The van der Waals surface area contributed by atoms with E-state index in [0.717, 1.165) is 6.42 Å². The van der Waals surface area contributed by atoms with Crippen LogP contribution in [-0.2, 0) is 4.79 Å². The van der Waals surface area contributed by atoms with Gasteiger partial charge in [-0.05, 0) is 24.8 Å². The van der Waals surface area contributed by atoms with Gasteiger partial charge in [-0.25, -0.2) is 0 Å². The summed E-state index contributed by atoms with van der Waals surface area (Å²) in [6.45, 7) is 3.10. The average molecular weight is 254 g/mol. The van der Waals surface area contributed by atoms with Crippen LogP contribution >= 0.6 is 0 Å². The SMILES string of the molecule is CC(C)C[C@H](CN)CC(=O)N(C)CC(F)(F)F. The Hall–Kier alpha value is -0.780. The van der Waals surface area contributed by atoms with E-state index in [1.54, 1.807) is 0 Å². The lowest BCUT2D eigenvalue weighted by Crippen LogP contribution is -2.37. The van der Waals surface area contributed by atoms with Crippen molar-refractivity contribution in [2.75, 3.05) is 20.1 Å². The Labute approximate surface area is 100 Å². The van der Waals surface area contributed by atoms with Crippen molar-refractivity contribution in [1.82, 2.24) is 4.90 Å². The lowest BCUT2D eigenvalue weighted by molar-refractivity contribution is -0.159. The third kappa shape index (κ3) is 8.01. The van der Waals surface area contributed by atoms with Crippen LogP contribution in [0.25, 0.3) is 0 Å². The van der Waals surface area contributed by atoms with Gasteiger partial charge < -0.3 is 10.6 Å². The maximum absolute atomic E-state index is 12.1. The first-order chi connectivity index (χ1) is 7.65. The van der Waals surface area contributed by atoms with Crippen LogP contribution in [0.5, 0.6) is 0 Å². The van der Waals surface area contributed by atoms with Crippen molar-refractivity contribution in [2.24, 2.45) is 17.6 Å². The van der Waals surface area contributed by atoms with Crippen molar-refractivity contribution < 1.29 is 18.0 Å². The third-order valence-electron chi connectivity index (χ3n) is 2.44. The van der Waals surface area contributed by atoms with Gasteiger partial charge in [0.2, 0.25) is 5.91 Å². The van der Waals surface area contributed by atoms with Crippen molar-refractivity contribution in [1.29, 1.82) is 0 Å². The van der Waals surface area contributed by atoms with E-state index in [-0.39, 0.29) is 12.3 Å². The molecule has 1 amide bonds. The zero-order valence-corrected chi connectivity index (χ0v) is 10.5. The summed E-state index contributed by atoms with van der Waals surface area (Å²) in [6.07, 6.45) is -3.51. The van der Waals surface area contributed by atoms with Crippen LogP contribution in [-0.4, -0.2) is 37.1 Å². The number of rotatable bonds is 6. The minimum atomic E-state index is -4.35. The maximum Gasteiger partial charge on any atom is 0.406 e. The van der Waals surface area contributed by atoms with Crippen molar-refractivity contribution >= 4 is 5.91 Å². The second-order valence-corrected chi connectivity index (χ2v) is 4.80. The summed E-state index contributed by atoms with van der Waals surface area (Å²) in [6, 6.07) is 0. The summed E-state index contributed by atoms with van der Waals surface area (Å²) in [5.74, 6) is -0.166. The van der Waals surface area contributed by atoms with Crippen molar-refractivity contribution in [3.8, 4) is 0 Å². The molecular weight excluding hydrogens is 233 g/mol. The highest BCUT2D eigenvalue weighted by molar-refractivity contribution is 5.76. The Kier molecular flexibility index (Phi) is 6.52. The fourth-order valence-corrected chi connectivity index (χ4v) is 1.69. The molecule has 0 aliphatic heterocycles. The second-order valence-electron chi connectivity index (χ2n) is 4.80. The van der Waals surface area contributed by atoms with E-state index in [9.17, 15) is 18.0 Å². The molecule has 0 saturated carbocycles. The Morgan fingerprint density at radius 1 is 1.35 bits per heavy atom. The van der Waals surface area contributed by atoms with Gasteiger partial charge in [-0.3, -0.25) is 4.79 Å². The highest BCUT2D eigenvalue weighted by Crippen LogP contribution is 2.19. The topological polar surface area (TPSA) is 46.3 Å². The molecule has 2 N–H and O–H groups in total. The predicted octanol–water partition coefficient (Wildman–Crippen LogP) is 2.02. The number of carbonyl (C=O) groups is 1. The fraction of sp³-hybridized carbons (Fsp3) is 0.909. The third-order valence-corrected chi connectivity index (χ3v) is 2.44. The van der Waals surface area contributed by atoms with Crippen molar-refractivity contribution in [3.05, 3.63) is 0 Å². The number of nitrogens with zero attached hydrogens (tertiary/aromatic N) is 1. The van der Waals surface area contributed by atoms with Crippen molar-refractivity contribution in [3.63, 3.8) is 0 Å². The molecule has 1 atom stereocenters. The van der Waals surface area contributed by atoms with Gasteiger partial charge in [-0.2, -0.15) is 13.2 Å². The lowest BCUT2D eigenvalue weighted by atomic mass is 9.94. The van der Waals surface area contributed by atoms with E-state index < -0.39 is 18.6 Å². The van der Waals surface area contributed by atoms with Gasteiger partial charge in [0, 0.05) is 13.5 Å². The smallest absolute Gasteiger partial charge is 0.337 e. The monoisotopic (exact) mass is 254 g/mol. The molecule has 0 saturated heterocycles. The predicted molar refractivity (Wildman–Crippen MR) is 60.3 cm³/mol. The van der Waals surface area contributed by atoms with E-state index in [0.29, 0.717) is 17.4 Å². The number of hydrogen-bond donors (Lipinski definition) is 1. The quantitative estimate of drug-likeness (QED) is 0.788. The Morgan fingerprint density at radius 2 is 1.88 bits per heavy atom. The zero-order valence-electron chi connectivity index (χ0n) is 10.5. The fourth-order valence-electron chi connectivity index (χ4n) is 1.69. The van der Waals surface area contributed by atoms with E-state index in [1.165, 1.54) is 7.05 Å². The molecule has 0 spiro atoms. The lowest BCUT2D eigenvalue weighted by Gasteiger charge is -2.22. The molecule has 0 rings (SSSR count). The highest BCUT2D eigenvalue weighted by atomic mass is 19.4. The first-order valence-corrected chi connectivity index (χ1v) is 5.66. The van der Waals surface area contributed by atoms with E-state index in [2.05, 4.69) is 0 Å². The van der Waals surface area contributed by atoms with Crippen LogP contribution < -0.4 is 5.73 Å². The maximum atomic E-state index is 12.1. The number of nitrogens with two attached hydrogens (primary N) is 1. The van der Waals surface area contributed by atoms with Crippen LogP contribution in [0.2, 0.25) is 0 Å². The van der Waals surface area contributed by atoms with Crippen LogP contribution in [0.4, 0.5) is 13.2 Å². The summed E-state index contributed by atoms with van der Waals surface area (Å²) >= 11 is 0. The number of halogens is 3. The van der Waals surface area contributed by atoms with Gasteiger partial charge in [0.25, 0.3) is 0 Å². The summed E-state index contributed by atoms with van der Waals surface area (Å²) < 4.78 is 36.2. The van der Waals surface area contributed by atoms with Gasteiger partial charge in [-0.15, -0.1) is 0 Å². The molecule has 17 heavy (non-hydrogen) atoms. The average Bonchev–Trinajstić information content (AvgIpc) is 2.13. The normalized spacial score (nSPS) is 13.9. The molecule has 102 valence electrons. The molecule has 0 radical (unpaired) electrons. The van der Waals surface area contributed by atoms with Gasteiger partial charge in [0.15, 0.2) is 0 Å². The summed E-state index contributed by atoms with van der Waals surface area (Å²) in [5, 5.41) is 0. The molecule has 0 fully saturated rings. The molecule has 3 nitrogen and oxygen atoms in total.